The Labute approximate surface area is 105 Å². The number of halogens is 1. The van der Waals surface area contributed by atoms with Gasteiger partial charge >= 0.3 is 0 Å². The van der Waals surface area contributed by atoms with Gasteiger partial charge in [0.2, 0.25) is 0 Å². The van der Waals surface area contributed by atoms with Gasteiger partial charge in [0, 0.05) is 23.8 Å². The lowest BCUT2D eigenvalue weighted by atomic mass is 10.0. The van der Waals surface area contributed by atoms with E-state index >= 15 is 0 Å². The second-order valence-corrected chi connectivity index (χ2v) is 5.30. The molecule has 0 spiro atoms. The van der Waals surface area contributed by atoms with Gasteiger partial charge in [-0.05, 0) is 34.3 Å². The smallest absolute Gasteiger partial charge is 0.268 e. The largest absolute Gasteiger partial charge is 0.348 e. The number of rotatable bonds is 4. The molecule has 3 nitrogen and oxygen atoms in total. The van der Waals surface area contributed by atoms with Crippen molar-refractivity contribution in [3.63, 3.8) is 0 Å². The Balaban J connectivity index is 2.75. The van der Waals surface area contributed by atoms with Crippen molar-refractivity contribution in [1.29, 1.82) is 0 Å². The molecule has 0 radical (unpaired) electrons. The van der Waals surface area contributed by atoms with Crippen LogP contribution in [0.2, 0.25) is 0 Å². The van der Waals surface area contributed by atoms with Crippen molar-refractivity contribution in [3.05, 3.63) is 22.4 Å². The molecule has 1 aromatic rings. The van der Waals surface area contributed by atoms with Crippen LogP contribution >= 0.6 is 15.9 Å². The van der Waals surface area contributed by atoms with Crippen molar-refractivity contribution in [2.24, 2.45) is 13.0 Å². The second kappa shape index (κ2) is 5.53. The molecule has 1 N–H and O–H groups in total. The third-order valence-electron chi connectivity index (χ3n) is 2.77. The molecule has 0 aromatic carbocycles. The summed E-state index contributed by atoms with van der Waals surface area (Å²) < 4.78 is 2.75. The van der Waals surface area contributed by atoms with E-state index in [0.29, 0.717) is 11.6 Å². The Bertz CT molecular complexity index is 371. The lowest BCUT2D eigenvalue weighted by Gasteiger charge is -2.20. The zero-order valence-corrected chi connectivity index (χ0v) is 11.8. The minimum Gasteiger partial charge on any atom is -0.348 e. The highest BCUT2D eigenvalue weighted by atomic mass is 79.9. The minimum absolute atomic E-state index is 0.00579. The van der Waals surface area contributed by atoms with Gasteiger partial charge in [0.1, 0.15) is 5.69 Å². The van der Waals surface area contributed by atoms with Gasteiger partial charge in [-0.15, -0.1) is 0 Å². The van der Waals surface area contributed by atoms with Crippen molar-refractivity contribution >= 4 is 21.8 Å². The lowest BCUT2D eigenvalue weighted by Crippen LogP contribution is -2.38. The summed E-state index contributed by atoms with van der Waals surface area (Å²) in [5, 5.41) is 3.06. The summed E-state index contributed by atoms with van der Waals surface area (Å²) in [6.45, 7) is 6.33. The summed E-state index contributed by atoms with van der Waals surface area (Å²) in [6.07, 6.45) is 2.83. The quantitative estimate of drug-likeness (QED) is 0.907. The van der Waals surface area contributed by atoms with Crippen molar-refractivity contribution in [2.45, 2.75) is 33.2 Å². The van der Waals surface area contributed by atoms with E-state index in [2.05, 4.69) is 42.0 Å². The average Bonchev–Trinajstić information content (AvgIpc) is 2.53. The van der Waals surface area contributed by atoms with Crippen LogP contribution in [0.25, 0.3) is 0 Å². The van der Waals surface area contributed by atoms with Crippen LogP contribution in [-0.2, 0) is 7.05 Å². The normalized spacial score (nSPS) is 12.9. The van der Waals surface area contributed by atoms with Gasteiger partial charge in [0.05, 0.1) is 0 Å². The number of aromatic nitrogens is 1. The van der Waals surface area contributed by atoms with Gasteiger partial charge in [-0.2, -0.15) is 0 Å². The standard InChI is InChI=1S/C12H19BrN2O/c1-5-10(8(2)3)14-12(16)11-6-9(13)7-15(11)4/h6-8,10H,5H2,1-4H3,(H,14,16). The van der Waals surface area contributed by atoms with Crippen LogP contribution in [0.4, 0.5) is 0 Å². The maximum absolute atomic E-state index is 12.0. The van der Waals surface area contributed by atoms with E-state index in [-0.39, 0.29) is 11.9 Å². The van der Waals surface area contributed by atoms with Crippen LogP contribution in [-0.4, -0.2) is 16.5 Å². The van der Waals surface area contributed by atoms with Crippen molar-refractivity contribution < 1.29 is 4.79 Å². The Morgan fingerprint density at radius 1 is 1.56 bits per heavy atom. The summed E-state index contributed by atoms with van der Waals surface area (Å²) in [7, 11) is 1.87. The van der Waals surface area contributed by atoms with Crippen LogP contribution in [0.3, 0.4) is 0 Å². The van der Waals surface area contributed by atoms with E-state index in [9.17, 15) is 4.79 Å². The van der Waals surface area contributed by atoms with Gasteiger partial charge in [-0.25, -0.2) is 0 Å². The highest BCUT2D eigenvalue weighted by molar-refractivity contribution is 9.10. The number of hydrogen-bond donors (Lipinski definition) is 1. The monoisotopic (exact) mass is 286 g/mol. The highest BCUT2D eigenvalue weighted by Crippen LogP contribution is 2.14. The molecule has 0 fully saturated rings. The maximum atomic E-state index is 12.0. The summed E-state index contributed by atoms with van der Waals surface area (Å²) in [4.78, 5) is 12.0. The fourth-order valence-electron chi connectivity index (χ4n) is 1.73. The number of hydrogen-bond acceptors (Lipinski definition) is 1. The second-order valence-electron chi connectivity index (χ2n) is 4.39. The van der Waals surface area contributed by atoms with Crippen molar-refractivity contribution in [2.75, 3.05) is 0 Å². The number of amides is 1. The lowest BCUT2D eigenvalue weighted by molar-refractivity contribution is 0.0916. The first-order valence-electron chi connectivity index (χ1n) is 5.58. The molecule has 1 atom stereocenters. The van der Waals surface area contributed by atoms with E-state index in [0.717, 1.165) is 10.9 Å². The van der Waals surface area contributed by atoms with E-state index < -0.39 is 0 Å². The minimum atomic E-state index is -0.00579. The molecule has 16 heavy (non-hydrogen) atoms. The first kappa shape index (κ1) is 13.3. The Kier molecular flexibility index (Phi) is 4.59. The molecule has 1 rings (SSSR count). The topological polar surface area (TPSA) is 34.0 Å². The third-order valence-corrected chi connectivity index (χ3v) is 3.20. The molecule has 1 amide bonds. The molecular weight excluding hydrogens is 268 g/mol. The number of nitrogens with zero attached hydrogens (tertiary/aromatic N) is 1. The van der Waals surface area contributed by atoms with E-state index in [1.165, 1.54) is 0 Å². The molecule has 0 bridgehead atoms. The molecular formula is C12H19BrN2O. The maximum Gasteiger partial charge on any atom is 0.268 e. The Hall–Kier alpha value is -0.770. The molecule has 0 aliphatic rings. The van der Waals surface area contributed by atoms with Gasteiger partial charge in [-0.3, -0.25) is 4.79 Å². The summed E-state index contributed by atoms with van der Waals surface area (Å²) in [5.41, 5.74) is 0.686. The first-order chi connectivity index (χ1) is 7.45. The van der Waals surface area contributed by atoms with Crippen LogP contribution in [0.15, 0.2) is 16.7 Å². The molecule has 0 saturated carbocycles. The van der Waals surface area contributed by atoms with Crippen molar-refractivity contribution in [1.82, 2.24) is 9.88 Å². The van der Waals surface area contributed by atoms with Crippen LogP contribution in [0.1, 0.15) is 37.7 Å². The Morgan fingerprint density at radius 2 is 2.19 bits per heavy atom. The van der Waals surface area contributed by atoms with E-state index in [1.807, 2.05) is 23.9 Å². The molecule has 1 unspecified atom stereocenters. The fraction of sp³-hybridized carbons (Fsp3) is 0.583. The molecule has 1 heterocycles. The molecule has 4 heteroatoms. The SMILES string of the molecule is CCC(NC(=O)c1cc(Br)cn1C)C(C)C. The summed E-state index contributed by atoms with van der Waals surface area (Å²) >= 11 is 3.36. The molecule has 90 valence electrons. The fourth-order valence-corrected chi connectivity index (χ4v) is 2.26. The number of aryl methyl sites for hydroxylation is 1. The predicted molar refractivity (Wildman–Crippen MR) is 69.5 cm³/mol. The molecule has 0 aliphatic heterocycles. The molecule has 1 aromatic heterocycles. The predicted octanol–water partition coefficient (Wildman–Crippen LogP) is 2.95. The number of nitrogens with one attached hydrogen (secondary N) is 1. The number of carbonyl (C=O) groups excluding carboxylic acids is 1. The van der Waals surface area contributed by atoms with E-state index in [1.54, 1.807) is 0 Å². The summed E-state index contributed by atoms with van der Waals surface area (Å²) in [6, 6.07) is 2.07. The summed E-state index contributed by atoms with van der Waals surface area (Å²) in [5.74, 6) is 0.450. The van der Waals surface area contributed by atoms with Crippen LogP contribution in [0, 0.1) is 5.92 Å². The van der Waals surface area contributed by atoms with Crippen LogP contribution < -0.4 is 5.32 Å². The average molecular weight is 287 g/mol. The van der Waals surface area contributed by atoms with Gasteiger partial charge in [0.25, 0.3) is 5.91 Å². The third kappa shape index (κ3) is 3.11. The zero-order chi connectivity index (χ0) is 12.3. The first-order valence-corrected chi connectivity index (χ1v) is 6.37. The molecule has 0 aliphatic carbocycles. The number of carbonyl (C=O) groups is 1. The van der Waals surface area contributed by atoms with Crippen LogP contribution in [0.5, 0.6) is 0 Å². The van der Waals surface area contributed by atoms with E-state index in [4.69, 9.17) is 0 Å². The van der Waals surface area contributed by atoms with Gasteiger partial charge < -0.3 is 9.88 Å². The highest BCUT2D eigenvalue weighted by Gasteiger charge is 2.17. The zero-order valence-electron chi connectivity index (χ0n) is 10.2. The van der Waals surface area contributed by atoms with Gasteiger partial charge in [0.15, 0.2) is 0 Å². The molecule has 0 saturated heterocycles. The Morgan fingerprint density at radius 3 is 2.56 bits per heavy atom. The van der Waals surface area contributed by atoms with Gasteiger partial charge in [-0.1, -0.05) is 20.8 Å². The van der Waals surface area contributed by atoms with Crippen molar-refractivity contribution in [3.8, 4) is 0 Å².